The zero-order chi connectivity index (χ0) is 20.6. The molecule has 0 bridgehead atoms. The topological polar surface area (TPSA) is 86.8 Å². The van der Waals surface area contributed by atoms with E-state index in [2.05, 4.69) is 10.3 Å². The second kappa shape index (κ2) is 9.57. The van der Waals surface area contributed by atoms with Crippen molar-refractivity contribution in [2.45, 2.75) is 0 Å². The van der Waals surface area contributed by atoms with E-state index in [0.717, 1.165) is 0 Å². The van der Waals surface area contributed by atoms with Crippen LogP contribution in [0, 0.1) is 0 Å². The van der Waals surface area contributed by atoms with Gasteiger partial charge in [-0.1, -0.05) is 23.7 Å². The van der Waals surface area contributed by atoms with Crippen molar-refractivity contribution in [2.75, 3.05) is 19.0 Å². The van der Waals surface area contributed by atoms with Crippen LogP contribution < -0.4 is 14.8 Å². The summed E-state index contributed by atoms with van der Waals surface area (Å²) < 4.78 is 16.0. The minimum atomic E-state index is -0.697. The summed E-state index contributed by atoms with van der Waals surface area (Å²) in [4.78, 5) is 28.6. The lowest BCUT2D eigenvalue weighted by Crippen LogP contribution is -2.21. The highest BCUT2D eigenvalue weighted by atomic mass is 35.5. The highest BCUT2D eigenvalue weighted by molar-refractivity contribution is 6.31. The number of ether oxygens (including phenoxy) is 3. The Kier molecular flexibility index (Phi) is 6.65. The van der Waals surface area contributed by atoms with Crippen LogP contribution in [-0.2, 0) is 9.53 Å². The lowest BCUT2D eigenvalue weighted by molar-refractivity contribution is -0.119. The maximum atomic E-state index is 12.4. The second-order valence-electron chi connectivity index (χ2n) is 5.76. The molecule has 1 heterocycles. The molecule has 0 radical (unpaired) electrons. The molecule has 0 aliphatic heterocycles. The zero-order valence-electron chi connectivity index (χ0n) is 15.4. The van der Waals surface area contributed by atoms with Crippen LogP contribution in [0.2, 0.25) is 5.02 Å². The maximum absolute atomic E-state index is 12.4. The summed E-state index contributed by atoms with van der Waals surface area (Å²) in [5, 5.41) is 3.03. The Labute approximate surface area is 172 Å². The number of nitrogens with zero attached hydrogens (tertiary/aromatic N) is 1. The normalized spacial score (nSPS) is 10.1. The molecule has 0 unspecified atom stereocenters. The van der Waals surface area contributed by atoms with E-state index in [4.69, 9.17) is 25.8 Å². The molecular weight excluding hydrogens is 396 g/mol. The van der Waals surface area contributed by atoms with Crippen molar-refractivity contribution in [3.8, 4) is 17.2 Å². The molecule has 0 fully saturated rings. The first-order chi connectivity index (χ1) is 14.1. The van der Waals surface area contributed by atoms with Crippen molar-refractivity contribution in [2.24, 2.45) is 0 Å². The zero-order valence-corrected chi connectivity index (χ0v) is 16.2. The Bertz CT molecular complexity index is 1010. The smallest absolute Gasteiger partial charge is 0.342 e. The molecule has 0 saturated carbocycles. The van der Waals surface area contributed by atoms with E-state index < -0.39 is 18.5 Å². The van der Waals surface area contributed by atoms with Crippen LogP contribution in [0.5, 0.6) is 17.2 Å². The number of carbonyl (C=O) groups excluding carboxylic acids is 2. The van der Waals surface area contributed by atoms with Crippen LogP contribution in [0.4, 0.5) is 5.69 Å². The van der Waals surface area contributed by atoms with Gasteiger partial charge in [-0.05, 0) is 42.5 Å². The fourth-order valence-corrected chi connectivity index (χ4v) is 2.60. The number of carbonyl (C=O) groups is 2. The number of aromatic nitrogens is 1. The first kappa shape index (κ1) is 20.2. The van der Waals surface area contributed by atoms with Crippen molar-refractivity contribution in [3.05, 3.63) is 77.6 Å². The molecule has 3 aromatic rings. The van der Waals surface area contributed by atoms with Gasteiger partial charge in [0.2, 0.25) is 0 Å². The van der Waals surface area contributed by atoms with Crippen LogP contribution in [0.3, 0.4) is 0 Å². The number of methoxy groups -OCH3 is 1. The molecule has 0 aliphatic carbocycles. The monoisotopic (exact) mass is 412 g/mol. The highest BCUT2D eigenvalue weighted by Crippen LogP contribution is 2.28. The quantitative estimate of drug-likeness (QED) is 0.581. The number of rotatable bonds is 7. The second-order valence-corrected chi connectivity index (χ2v) is 6.19. The average molecular weight is 413 g/mol. The molecular formula is C21H17ClN2O5. The largest absolute Gasteiger partial charge is 0.495 e. The van der Waals surface area contributed by atoms with Crippen LogP contribution >= 0.6 is 11.6 Å². The molecule has 29 heavy (non-hydrogen) atoms. The molecule has 0 aliphatic rings. The molecule has 0 saturated heterocycles. The number of amides is 1. The lowest BCUT2D eigenvalue weighted by atomic mass is 10.2. The molecule has 7 nitrogen and oxygen atoms in total. The predicted molar refractivity (Wildman–Crippen MR) is 108 cm³/mol. The van der Waals surface area contributed by atoms with E-state index >= 15 is 0 Å². The maximum Gasteiger partial charge on any atom is 0.342 e. The van der Waals surface area contributed by atoms with Crippen LogP contribution in [0.25, 0.3) is 0 Å². The van der Waals surface area contributed by atoms with Gasteiger partial charge in [0.1, 0.15) is 22.8 Å². The van der Waals surface area contributed by atoms with Crippen molar-refractivity contribution in [1.82, 2.24) is 4.98 Å². The van der Waals surface area contributed by atoms with Gasteiger partial charge in [-0.2, -0.15) is 0 Å². The summed E-state index contributed by atoms with van der Waals surface area (Å²) in [6.07, 6.45) is 3.13. The number of hydrogen-bond acceptors (Lipinski definition) is 6. The molecule has 148 valence electrons. The SMILES string of the molecule is COc1ccc(Cl)cc1NC(=O)COC(=O)c1ccccc1Oc1cccnc1. The third-order valence-corrected chi connectivity index (χ3v) is 3.97. The van der Waals surface area contributed by atoms with E-state index in [1.807, 2.05) is 0 Å². The van der Waals surface area contributed by atoms with Gasteiger partial charge in [0.25, 0.3) is 5.91 Å². The van der Waals surface area contributed by atoms with Gasteiger partial charge in [0.15, 0.2) is 6.61 Å². The van der Waals surface area contributed by atoms with Gasteiger partial charge in [-0.15, -0.1) is 0 Å². The molecule has 8 heteroatoms. The van der Waals surface area contributed by atoms with Gasteiger partial charge < -0.3 is 19.5 Å². The van der Waals surface area contributed by atoms with E-state index in [9.17, 15) is 9.59 Å². The number of anilines is 1. The number of para-hydroxylation sites is 1. The molecule has 0 spiro atoms. The van der Waals surface area contributed by atoms with Gasteiger partial charge in [-0.3, -0.25) is 9.78 Å². The average Bonchev–Trinajstić information content (AvgIpc) is 2.73. The van der Waals surface area contributed by atoms with Gasteiger partial charge in [0.05, 0.1) is 19.0 Å². The van der Waals surface area contributed by atoms with Crippen LogP contribution in [0.15, 0.2) is 67.0 Å². The van der Waals surface area contributed by atoms with Crippen molar-refractivity contribution in [1.29, 1.82) is 0 Å². The minimum Gasteiger partial charge on any atom is -0.495 e. The molecule has 1 amide bonds. The molecule has 1 N–H and O–H groups in total. The third-order valence-electron chi connectivity index (χ3n) is 3.74. The molecule has 1 aromatic heterocycles. The fourth-order valence-electron chi connectivity index (χ4n) is 2.43. The highest BCUT2D eigenvalue weighted by Gasteiger charge is 2.17. The number of benzene rings is 2. The third kappa shape index (κ3) is 5.46. The van der Waals surface area contributed by atoms with Gasteiger partial charge in [0, 0.05) is 11.2 Å². The predicted octanol–water partition coefficient (Wildman–Crippen LogP) is 4.33. The Hall–Kier alpha value is -3.58. The first-order valence-corrected chi connectivity index (χ1v) is 8.92. The lowest BCUT2D eigenvalue weighted by Gasteiger charge is -2.12. The van der Waals surface area contributed by atoms with Gasteiger partial charge >= 0.3 is 5.97 Å². The van der Waals surface area contributed by atoms with Gasteiger partial charge in [-0.25, -0.2) is 4.79 Å². The minimum absolute atomic E-state index is 0.185. The van der Waals surface area contributed by atoms with Crippen molar-refractivity contribution >= 4 is 29.2 Å². The molecule has 2 aromatic carbocycles. The number of pyridine rings is 1. The van der Waals surface area contributed by atoms with Crippen LogP contribution in [0.1, 0.15) is 10.4 Å². The fraction of sp³-hybridized carbons (Fsp3) is 0.0952. The summed E-state index contributed by atoms with van der Waals surface area (Å²) in [5.41, 5.74) is 0.561. The summed E-state index contributed by atoms with van der Waals surface area (Å²) in [7, 11) is 1.47. The first-order valence-electron chi connectivity index (χ1n) is 8.54. The van der Waals surface area contributed by atoms with Crippen LogP contribution in [-0.4, -0.2) is 30.6 Å². The standard InChI is InChI=1S/C21H17ClN2O5/c1-27-19-9-8-14(22)11-17(19)24-20(25)13-28-21(26)16-6-2-3-7-18(16)29-15-5-4-10-23-12-15/h2-12H,13H2,1H3,(H,24,25). The Morgan fingerprint density at radius 3 is 2.66 bits per heavy atom. The Morgan fingerprint density at radius 1 is 1.07 bits per heavy atom. The van der Waals surface area contributed by atoms with E-state index in [1.54, 1.807) is 54.7 Å². The number of esters is 1. The van der Waals surface area contributed by atoms with E-state index in [-0.39, 0.29) is 5.56 Å². The summed E-state index contributed by atoms with van der Waals surface area (Å²) in [6.45, 7) is -0.490. The van der Waals surface area contributed by atoms with Crippen molar-refractivity contribution < 1.29 is 23.8 Å². The molecule has 3 rings (SSSR count). The molecule has 0 atom stereocenters. The van der Waals surface area contributed by atoms with Crippen molar-refractivity contribution in [3.63, 3.8) is 0 Å². The number of halogens is 1. The summed E-state index contributed by atoms with van der Waals surface area (Å²) in [6, 6.07) is 14.8. The van der Waals surface area contributed by atoms with E-state index in [1.165, 1.54) is 19.4 Å². The summed E-state index contributed by atoms with van der Waals surface area (Å²) in [5.74, 6) is -0.0347. The number of nitrogens with one attached hydrogen (secondary N) is 1. The Morgan fingerprint density at radius 2 is 1.90 bits per heavy atom. The van der Waals surface area contributed by atoms with E-state index in [0.29, 0.717) is 28.0 Å². The Balaban J connectivity index is 1.64. The summed E-state index contributed by atoms with van der Waals surface area (Å²) >= 11 is 5.94. The number of hydrogen-bond donors (Lipinski definition) is 1.